The van der Waals surface area contributed by atoms with Crippen LogP contribution in [0, 0.1) is 13.8 Å². The number of carbonyl (C=O) groups excluding carboxylic acids is 3. The number of hydrogen-bond donors (Lipinski definition) is 2. The van der Waals surface area contributed by atoms with E-state index in [0.717, 1.165) is 16.0 Å². The molecule has 3 amide bonds. The van der Waals surface area contributed by atoms with Crippen LogP contribution in [0.2, 0.25) is 5.02 Å². The molecular weight excluding hydrogens is 438 g/mol. The second kappa shape index (κ2) is 8.92. The molecule has 0 radical (unpaired) electrons. The molecule has 0 saturated carbocycles. The molecule has 7 heteroatoms. The molecule has 1 heterocycles. The summed E-state index contributed by atoms with van der Waals surface area (Å²) in [6.45, 7) is 5.38. The summed E-state index contributed by atoms with van der Waals surface area (Å²) in [6.07, 6.45) is 0. The van der Waals surface area contributed by atoms with Gasteiger partial charge in [0.05, 0.1) is 11.3 Å². The third-order valence-corrected chi connectivity index (χ3v) is 5.66. The van der Waals surface area contributed by atoms with Crippen molar-refractivity contribution in [1.82, 2.24) is 0 Å². The molecule has 0 aromatic heterocycles. The molecule has 0 saturated heterocycles. The van der Waals surface area contributed by atoms with Gasteiger partial charge in [-0.2, -0.15) is 0 Å². The smallest absolute Gasteiger partial charge is 0.282 e. The molecule has 1 aliphatic heterocycles. The van der Waals surface area contributed by atoms with E-state index < -0.39 is 11.8 Å². The summed E-state index contributed by atoms with van der Waals surface area (Å²) in [5.74, 6) is -1.08. The van der Waals surface area contributed by atoms with Crippen molar-refractivity contribution in [3.8, 4) is 0 Å². The van der Waals surface area contributed by atoms with Crippen molar-refractivity contribution in [2.75, 3.05) is 15.5 Å². The van der Waals surface area contributed by atoms with Crippen LogP contribution in [0.4, 0.5) is 17.1 Å². The first kappa shape index (κ1) is 22.3. The van der Waals surface area contributed by atoms with Gasteiger partial charge in [-0.1, -0.05) is 35.9 Å². The van der Waals surface area contributed by atoms with E-state index in [9.17, 15) is 14.4 Å². The van der Waals surface area contributed by atoms with E-state index >= 15 is 0 Å². The molecule has 0 fully saturated rings. The molecule has 3 aromatic carbocycles. The van der Waals surface area contributed by atoms with Gasteiger partial charge >= 0.3 is 0 Å². The number of anilines is 3. The number of rotatable bonds is 5. The van der Waals surface area contributed by atoms with Gasteiger partial charge in [0.2, 0.25) is 5.91 Å². The van der Waals surface area contributed by atoms with E-state index in [2.05, 4.69) is 10.6 Å². The zero-order valence-electron chi connectivity index (χ0n) is 18.4. The minimum Gasteiger partial charge on any atom is -0.350 e. The van der Waals surface area contributed by atoms with Gasteiger partial charge in [-0.15, -0.1) is 0 Å². The lowest BCUT2D eigenvalue weighted by Crippen LogP contribution is -2.32. The fraction of sp³-hybridized carbons (Fsp3) is 0.115. The Bertz CT molecular complexity index is 1310. The molecule has 6 nitrogen and oxygen atoms in total. The summed E-state index contributed by atoms with van der Waals surface area (Å²) in [5.41, 5.74) is 4.85. The number of hydrogen-bond acceptors (Lipinski definition) is 4. The van der Waals surface area contributed by atoms with Crippen LogP contribution in [0.3, 0.4) is 0 Å². The van der Waals surface area contributed by atoms with Crippen LogP contribution in [0.1, 0.15) is 23.6 Å². The first-order valence-corrected chi connectivity index (χ1v) is 10.7. The normalized spacial score (nSPS) is 13.5. The van der Waals surface area contributed by atoms with E-state index in [1.807, 2.05) is 32.0 Å². The molecule has 1 aliphatic rings. The van der Waals surface area contributed by atoms with Gasteiger partial charge < -0.3 is 10.6 Å². The number of aryl methyl sites for hydroxylation is 2. The molecule has 0 spiro atoms. The maximum atomic E-state index is 13.5. The molecule has 3 aromatic rings. The lowest BCUT2D eigenvalue weighted by atomic mass is 9.99. The van der Waals surface area contributed by atoms with Gasteiger partial charge in [0.25, 0.3) is 11.8 Å². The fourth-order valence-corrected chi connectivity index (χ4v) is 3.83. The second-order valence-corrected chi connectivity index (χ2v) is 8.29. The van der Waals surface area contributed by atoms with E-state index in [0.29, 0.717) is 27.6 Å². The SMILES string of the molecule is CC(=O)Nc1ccc(NC2=C(c3ccc(C)c(C)c3)C(=O)N(c3cccc(Cl)c3)C2=O)cc1. The van der Waals surface area contributed by atoms with Crippen LogP contribution < -0.4 is 15.5 Å². The third-order valence-electron chi connectivity index (χ3n) is 5.42. The van der Waals surface area contributed by atoms with Crippen LogP contribution in [0.15, 0.2) is 72.4 Å². The summed E-state index contributed by atoms with van der Waals surface area (Å²) < 4.78 is 0. The molecule has 0 atom stereocenters. The average molecular weight is 460 g/mol. The van der Waals surface area contributed by atoms with Crippen LogP contribution in [0.25, 0.3) is 5.57 Å². The van der Waals surface area contributed by atoms with E-state index in [4.69, 9.17) is 11.6 Å². The summed E-state index contributed by atoms with van der Waals surface area (Å²) in [6, 6.07) is 19.2. The number of benzene rings is 3. The lowest BCUT2D eigenvalue weighted by Gasteiger charge is -2.15. The molecule has 0 bridgehead atoms. The Kier molecular flexibility index (Phi) is 6.03. The van der Waals surface area contributed by atoms with Crippen molar-refractivity contribution in [3.63, 3.8) is 0 Å². The van der Waals surface area contributed by atoms with Gasteiger partial charge in [-0.3, -0.25) is 14.4 Å². The molecule has 2 N–H and O–H groups in total. The molecular formula is C26H22ClN3O3. The Morgan fingerprint density at radius 3 is 2.18 bits per heavy atom. The Morgan fingerprint density at radius 2 is 1.55 bits per heavy atom. The minimum absolute atomic E-state index is 0.176. The number of halogens is 1. The van der Waals surface area contributed by atoms with Gasteiger partial charge in [0, 0.05) is 23.3 Å². The summed E-state index contributed by atoms with van der Waals surface area (Å²) >= 11 is 6.12. The predicted octanol–water partition coefficient (Wildman–Crippen LogP) is 5.31. The van der Waals surface area contributed by atoms with Gasteiger partial charge in [-0.25, -0.2) is 4.90 Å². The van der Waals surface area contributed by atoms with Gasteiger partial charge in [-0.05, 0) is 73.0 Å². The Balaban J connectivity index is 1.78. The number of imide groups is 1. The predicted molar refractivity (Wildman–Crippen MR) is 131 cm³/mol. The highest BCUT2D eigenvalue weighted by Crippen LogP contribution is 2.35. The van der Waals surface area contributed by atoms with Crippen molar-refractivity contribution in [1.29, 1.82) is 0 Å². The Morgan fingerprint density at radius 1 is 0.848 bits per heavy atom. The Hall–Kier alpha value is -3.90. The number of carbonyl (C=O) groups is 3. The Labute approximate surface area is 196 Å². The number of nitrogens with one attached hydrogen (secondary N) is 2. The highest BCUT2D eigenvalue weighted by atomic mass is 35.5. The standard InChI is InChI=1S/C26H22ClN3O3/c1-15-7-8-18(13-16(15)2)23-24(29-21-11-9-20(10-12-21)28-17(3)31)26(33)30(25(23)32)22-6-4-5-19(27)14-22/h4-14,29H,1-3H3,(H,28,31). The zero-order valence-corrected chi connectivity index (χ0v) is 19.2. The van der Waals surface area contributed by atoms with Crippen LogP contribution >= 0.6 is 11.6 Å². The quantitative estimate of drug-likeness (QED) is 0.507. The van der Waals surface area contributed by atoms with Gasteiger partial charge in [0.1, 0.15) is 5.70 Å². The fourth-order valence-electron chi connectivity index (χ4n) is 3.64. The first-order valence-electron chi connectivity index (χ1n) is 10.4. The van der Waals surface area contributed by atoms with Crippen molar-refractivity contribution < 1.29 is 14.4 Å². The van der Waals surface area contributed by atoms with Crippen molar-refractivity contribution >= 4 is 52.0 Å². The second-order valence-electron chi connectivity index (χ2n) is 7.86. The van der Waals surface area contributed by atoms with Crippen molar-refractivity contribution in [2.45, 2.75) is 20.8 Å². The van der Waals surface area contributed by atoms with Crippen molar-refractivity contribution in [2.24, 2.45) is 0 Å². The lowest BCUT2D eigenvalue weighted by molar-refractivity contribution is -0.120. The topological polar surface area (TPSA) is 78.5 Å². The van der Waals surface area contributed by atoms with Crippen LogP contribution in [0.5, 0.6) is 0 Å². The molecule has 0 aliphatic carbocycles. The van der Waals surface area contributed by atoms with Crippen LogP contribution in [-0.4, -0.2) is 17.7 Å². The highest BCUT2D eigenvalue weighted by Gasteiger charge is 2.40. The summed E-state index contributed by atoms with van der Waals surface area (Å²) in [4.78, 5) is 39.4. The largest absolute Gasteiger partial charge is 0.350 e. The van der Waals surface area contributed by atoms with Gasteiger partial charge in [0.15, 0.2) is 0 Å². The monoisotopic (exact) mass is 459 g/mol. The number of nitrogens with zero attached hydrogens (tertiary/aromatic N) is 1. The summed E-state index contributed by atoms with van der Waals surface area (Å²) in [5, 5.41) is 6.25. The van der Waals surface area contributed by atoms with E-state index in [1.54, 1.807) is 48.5 Å². The summed E-state index contributed by atoms with van der Waals surface area (Å²) in [7, 11) is 0. The van der Waals surface area contributed by atoms with Crippen LogP contribution in [-0.2, 0) is 14.4 Å². The molecule has 4 rings (SSSR count). The number of amides is 3. The first-order chi connectivity index (χ1) is 15.7. The minimum atomic E-state index is -0.471. The molecule has 166 valence electrons. The zero-order chi connectivity index (χ0) is 23.7. The average Bonchev–Trinajstić information content (AvgIpc) is 3.00. The molecule has 33 heavy (non-hydrogen) atoms. The third kappa shape index (κ3) is 4.52. The molecule has 0 unspecified atom stereocenters. The maximum absolute atomic E-state index is 13.5. The maximum Gasteiger partial charge on any atom is 0.282 e. The highest BCUT2D eigenvalue weighted by molar-refractivity contribution is 6.46. The van der Waals surface area contributed by atoms with Crippen molar-refractivity contribution in [3.05, 3.63) is 94.1 Å². The van der Waals surface area contributed by atoms with E-state index in [1.165, 1.54) is 6.92 Å². The van der Waals surface area contributed by atoms with E-state index in [-0.39, 0.29) is 17.2 Å².